The number of carbonyl (C=O) groups is 3. The van der Waals surface area contributed by atoms with Crippen LogP contribution in [-0.2, 0) is 42.1 Å². The molecule has 8 N–H and O–H groups in total. The molecule has 14 nitrogen and oxygen atoms in total. The van der Waals surface area contributed by atoms with Crippen LogP contribution in [0.2, 0.25) is 0 Å². The van der Waals surface area contributed by atoms with Gasteiger partial charge in [0.2, 0.25) is 0 Å². The number of ether oxygens (including phenoxy) is 3. The van der Waals surface area contributed by atoms with Crippen LogP contribution in [0.15, 0.2) is 60.2 Å². The van der Waals surface area contributed by atoms with E-state index in [9.17, 15) is 40.2 Å². The highest BCUT2D eigenvalue weighted by molar-refractivity contribution is 5.89. The first-order valence-corrected chi connectivity index (χ1v) is 37.2. The second kappa shape index (κ2) is 26.3. The number of anilines is 1. The molecular weight excluding hydrogens is 1190 g/mol. The minimum absolute atomic E-state index is 0.0154. The second-order valence-corrected chi connectivity index (χ2v) is 32.4. The second-order valence-electron chi connectivity index (χ2n) is 32.4. The summed E-state index contributed by atoms with van der Waals surface area (Å²) in [6.45, 7) is 2.33. The third-order valence-corrected chi connectivity index (χ3v) is 26.7. The van der Waals surface area contributed by atoms with Crippen molar-refractivity contribution in [2.45, 2.75) is 264 Å². The van der Waals surface area contributed by atoms with Gasteiger partial charge < -0.3 is 55.5 Å². The van der Waals surface area contributed by atoms with Crippen molar-refractivity contribution >= 4 is 23.4 Å². The summed E-state index contributed by atoms with van der Waals surface area (Å²) < 4.78 is 20.4. The van der Waals surface area contributed by atoms with Gasteiger partial charge >= 0.3 is 11.9 Å². The minimum atomic E-state index is -1.67. The maximum Gasteiger partial charge on any atom is 0.334 e. The highest BCUT2D eigenvalue weighted by atomic mass is 16.6. The molecule has 17 rings (SSSR count). The quantitative estimate of drug-likeness (QED) is 0.0691. The molecule has 508 valence electrons. The van der Waals surface area contributed by atoms with Crippen LogP contribution in [0.1, 0.15) is 243 Å². The van der Waals surface area contributed by atoms with Gasteiger partial charge in [0.15, 0.2) is 0 Å². The lowest BCUT2D eigenvalue weighted by molar-refractivity contribution is -0.228. The van der Waals surface area contributed by atoms with Gasteiger partial charge in [-0.15, -0.1) is 0 Å². The summed E-state index contributed by atoms with van der Waals surface area (Å²) in [4.78, 5) is 45.8. The molecular formula is C81H102N2O12. The van der Waals surface area contributed by atoms with Gasteiger partial charge in [-0.1, -0.05) is 112 Å². The number of fused-ring (bicyclic) bond motifs is 12. The van der Waals surface area contributed by atoms with E-state index >= 15 is 4.79 Å². The lowest BCUT2D eigenvalue weighted by Gasteiger charge is -2.59. The average Bonchev–Trinajstić information content (AvgIpc) is 1.25. The van der Waals surface area contributed by atoms with E-state index in [2.05, 4.69) is 58.6 Å². The van der Waals surface area contributed by atoms with Gasteiger partial charge in [-0.3, -0.25) is 9.59 Å². The number of Topliss-reactive ketones (excluding diaryl/α,β-unsaturated/α-hetero) is 1. The lowest BCUT2D eigenvalue weighted by Crippen LogP contribution is -2.65. The fraction of sp³-hybridized carbons (Fsp3) is 0.667. The number of hydrogen-bond donors (Lipinski definition) is 8. The van der Waals surface area contributed by atoms with Crippen LogP contribution < -0.4 is 15.4 Å². The summed E-state index contributed by atoms with van der Waals surface area (Å²) in [5, 5.41) is 86.4. The molecule has 2 spiro atoms. The van der Waals surface area contributed by atoms with Crippen molar-refractivity contribution in [2.75, 3.05) is 25.5 Å². The number of benzene rings is 3. The fourth-order valence-corrected chi connectivity index (χ4v) is 21.7. The van der Waals surface area contributed by atoms with Crippen LogP contribution >= 0.6 is 0 Å². The number of aliphatic hydroxyl groups excluding tert-OH is 3. The van der Waals surface area contributed by atoms with E-state index in [1.807, 2.05) is 31.3 Å². The smallest absolute Gasteiger partial charge is 0.334 e. The number of phenols is 1. The first-order valence-electron chi connectivity index (χ1n) is 37.2. The number of hydrogen-bond acceptors (Lipinski definition) is 14. The van der Waals surface area contributed by atoms with Crippen LogP contribution in [0.4, 0.5) is 5.69 Å². The van der Waals surface area contributed by atoms with Crippen LogP contribution in [0, 0.1) is 76.4 Å². The summed E-state index contributed by atoms with van der Waals surface area (Å²) in [5.74, 6) is 11.9. The first kappa shape index (κ1) is 65.4. The Labute approximate surface area is 561 Å². The van der Waals surface area contributed by atoms with Gasteiger partial charge in [0.25, 0.3) is 0 Å². The Morgan fingerprint density at radius 1 is 0.726 bits per heavy atom. The number of ketones is 1. The van der Waals surface area contributed by atoms with Gasteiger partial charge in [0.05, 0.1) is 42.2 Å². The number of aliphatic hydroxyl groups is 5. The predicted molar refractivity (Wildman–Crippen MR) is 361 cm³/mol. The normalized spacial score (nSPS) is 39.3. The van der Waals surface area contributed by atoms with Crippen LogP contribution in [-0.4, -0.2) is 110 Å². The Hall–Kier alpha value is -5.55. The summed E-state index contributed by atoms with van der Waals surface area (Å²) in [6.07, 6.45) is 16.2. The van der Waals surface area contributed by atoms with E-state index in [4.69, 9.17) is 14.2 Å². The summed E-state index contributed by atoms with van der Waals surface area (Å²) >= 11 is 0. The monoisotopic (exact) mass is 1290 g/mol. The Kier molecular flexibility index (Phi) is 18.1. The molecule has 8 fully saturated rings. The molecule has 0 aromatic heterocycles. The number of esters is 2. The predicted octanol–water partition coefficient (Wildman–Crippen LogP) is 11.9. The molecule has 7 aliphatic carbocycles. The molecule has 3 aromatic rings. The van der Waals surface area contributed by atoms with E-state index in [1.54, 1.807) is 13.0 Å². The summed E-state index contributed by atoms with van der Waals surface area (Å²) in [5.41, 5.74) is 0.645. The van der Waals surface area contributed by atoms with Crippen molar-refractivity contribution in [1.29, 1.82) is 0 Å². The molecule has 7 aliphatic heterocycles. The molecule has 7 heterocycles. The Morgan fingerprint density at radius 3 is 2.34 bits per heavy atom. The van der Waals surface area contributed by atoms with Gasteiger partial charge in [0, 0.05) is 64.9 Å². The third-order valence-electron chi connectivity index (χ3n) is 26.7. The fourth-order valence-electron chi connectivity index (χ4n) is 21.7. The molecule has 0 amide bonds. The van der Waals surface area contributed by atoms with Crippen LogP contribution in [0.3, 0.4) is 0 Å². The topological polar surface area (TPSA) is 224 Å². The molecule has 19 unspecified atom stereocenters. The van der Waals surface area contributed by atoms with Gasteiger partial charge in [0.1, 0.15) is 40.7 Å². The van der Waals surface area contributed by atoms with Crippen molar-refractivity contribution in [3.63, 3.8) is 0 Å². The van der Waals surface area contributed by atoms with Crippen molar-refractivity contribution < 1.29 is 59.2 Å². The van der Waals surface area contributed by atoms with Gasteiger partial charge in [-0.05, 0) is 223 Å². The Balaban J connectivity index is 0.950. The van der Waals surface area contributed by atoms with Crippen molar-refractivity contribution in [1.82, 2.24) is 5.32 Å². The minimum Gasteiger partial charge on any atom is -0.507 e. The number of aromatic hydroxyl groups is 1. The first-order chi connectivity index (χ1) is 45.9. The zero-order valence-corrected chi connectivity index (χ0v) is 56.1. The van der Waals surface area contributed by atoms with E-state index in [-0.39, 0.29) is 103 Å². The van der Waals surface area contributed by atoms with Crippen LogP contribution in [0.25, 0.3) is 0 Å². The molecule has 14 aliphatic rings. The van der Waals surface area contributed by atoms with Crippen molar-refractivity contribution in [3.8, 4) is 35.2 Å². The Morgan fingerprint density at radius 2 is 1.51 bits per heavy atom. The summed E-state index contributed by atoms with van der Waals surface area (Å²) in [6, 6.07) is 16.3. The number of carbonyl (C=O) groups excluding carboxylic acids is 3. The SMILES string of the molecule is CNCC1CCC2(C#CC3CCC4OC(CCC4C3)C(O)C(C)(O)CNc3cc(C4C#CC5CC(=O)Oc6c5cc(c(O)c6C5CCCCC5)CC5OC(=O)C(=CC(O)C6(CCCCC6)c6cccc(c6)CC6C(=O)CCC7C6CC6CCCCC6C57O)C4)cc(c3)C2O)C1. The molecule has 16 bridgehead atoms. The van der Waals surface area contributed by atoms with Gasteiger partial charge in [-0.2, -0.15) is 0 Å². The maximum absolute atomic E-state index is 16.7. The van der Waals surface area contributed by atoms with Crippen LogP contribution in [0.5, 0.6) is 11.5 Å². The zero-order chi connectivity index (χ0) is 65.5. The van der Waals surface area contributed by atoms with E-state index in [1.165, 1.54) is 0 Å². The number of phenolic OH excluding ortho intramolecular Hbond substituents is 1. The van der Waals surface area contributed by atoms with E-state index in [0.717, 1.165) is 127 Å². The standard InChI is InChI=1S/C81H102N2O12/c1-78(91)46-83-60-37-55(36-57(38-60)75(88)79(31-27-49(44-79)45-82-2)30-26-47-18-24-67-54(32-47)21-25-68(93-67)76(78)89)51-19-20-52-43-71(86)95-74-61(52)40-56(73(87)72(74)50-13-5-3-6-14-50)42-70-81(92)64-17-8-7-15-53(64)39-62-63(66(84)23-22-65(62)81)34-48-12-11-16-59(33-48)80(28-9-4-10-29-80)69(85)41-58(35-51)77(90)94-70/h11-12,16,33,36-38,40-41,47,49-54,62-65,67-70,75-76,82-83,85,87-89,91-92H,3-10,13-15,17-18,21-25,27-29,31-32,34-35,39,42-46H2,1-2H3. The third kappa shape index (κ3) is 12.1. The van der Waals surface area contributed by atoms with E-state index < -0.39 is 82.2 Å². The van der Waals surface area contributed by atoms with E-state index in [0.29, 0.717) is 90.6 Å². The highest BCUT2D eigenvalue weighted by Gasteiger charge is 2.63. The molecule has 7 saturated carbocycles. The lowest BCUT2D eigenvalue weighted by atomic mass is 9.48. The largest absolute Gasteiger partial charge is 0.507 e. The molecule has 0 radical (unpaired) electrons. The molecule has 14 heteroatoms. The molecule has 3 aromatic carbocycles. The van der Waals surface area contributed by atoms with Crippen molar-refractivity contribution in [2.24, 2.45) is 52.8 Å². The zero-order valence-electron chi connectivity index (χ0n) is 56.1. The number of rotatable bonds is 4. The Bertz CT molecular complexity index is 3600. The highest BCUT2D eigenvalue weighted by Crippen LogP contribution is 2.60. The molecule has 19 atom stereocenters. The van der Waals surface area contributed by atoms with Crippen molar-refractivity contribution in [3.05, 3.63) is 99.1 Å². The van der Waals surface area contributed by atoms with Gasteiger partial charge in [-0.25, -0.2) is 4.79 Å². The maximum atomic E-state index is 16.7. The molecule has 95 heavy (non-hydrogen) atoms. The number of nitrogens with one attached hydrogen (secondary N) is 2. The summed E-state index contributed by atoms with van der Waals surface area (Å²) in [7, 11) is 1.96. The molecule has 1 saturated heterocycles. The average molecular weight is 1300 g/mol.